The Balaban J connectivity index is 1.63. The summed E-state index contributed by atoms with van der Waals surface area (Å²) in [7, 11) is 0. The van der Waals surface area contributed by atoms with Crippen LogP contribution in [0.3, 0.4) is 0 Å². The van der Waals surface area contributed by atoms with Crippen LogP contribution in [0.2, 0.25) is 0 Å². The maximum absolute atomic E-state index is 13.6. The maximum atomic E-state index is 13.6. The van der Waals surface area contributed by atoms with Gasteiger partial charge in [-0.1, -0.05) is 20.8 Å². The highest BCUT2D eigenvalue weighted by Crippen LogP contribution is 2.66. The molecule has 4 aliphatic rings. The summed E-state index contributed by atoms with van der Waals surface area (Å²) in [6, 6.07) is 0. The van der Waals surface area contributed by atoms with Gasteiger partial charge in [0.15, 0.2) is 0 Å². The fraction of sp³-hybridized carbons (Fsp3) is 0.833. The van der Waals surface area contributed by atoms with Gasteiger partial charge in [0.05, 0.1) is 0 Å². The normalized spacial score (nSPS) is 45.3. The average molecular weight is 403 g/mol. The van der Waals surface area contributed by atoms with Crippen molar-refractivity contribution in [1.29, 1.82) is 0 Å². The third-order valence-corrected chi connectivity index (χ3v) is 9.72. The molecule has 1 N–H and O–H groups in total. The first-order valence-electron chi connectivity index (χ1n) is 11.4. The predicted octanol–water partition coefficient (Wildman–Crippen LogP) is 4.07. The van der Waals surface area contributed by atoms with Crippen molar-refractivity contribution in [2.24, 2.45) is 46.3 Å². The molecule has 0 heterocycles. The molecule has 0 bridgehead atoms. The van der Waals surface area contributed by atoms with Crippen LogP contribution in [0.15, 0.2) is 0 Å². The number of aliphatic carboxylic acids is 1. The zero-order chi connectivity index (χ0) is 21.1. The highest BCUT2D eigenvalue weighted by atomic mass is 16.4. The first-order valence-corrected chi connectivity index (χ1v) is 11.4. The van der Waals surface area contributed by atoms with Crippen molar-refractivity contribution in [3.05, 3.63) is 0 Å². The quantitative estimate of drug-likeness (QED) is 0.766. The zero-order valence-corrected chi connectivity index (χ0v) is 17.9. The summed E-state index contributed by atoms with van der Waals surface area (Å²) in [6.45, 7) is 6.37. The Hall–Kier alpha value is -1.52. The Morgan fingerprint density at radius 2 is 1.83 bits per heavy atom. The van der Waals surface area contributed by atoms with Gasteiger partial charge in [-0.3, -0.25) is 19.2 Å². The van der Waals surface area contributed by atoms with Gasteiger partial charge in [-0.2, -0.15) is 0 Å². The molecule has 0 aromatic carbocycles. The lowest BCUT2D eigenvalue weighted by Crippen LogP contribution is -2.60. The number of carboxylic acid groups (broad SMARTS) is 1. The van der Waals surface area contributed by atoms with E-state index in [1.807, 2.05) is 0 Å². The van der Waals surface area contributed by atoms with E-state index >= 15 is 0 Å². The van der Waals surface area contributed by atoms with Gasteiger partial charge in [0.25, 0.3) is 0 Å². The summed E-state index contributed by atoms with van der Waals surface area (Å²) in [4.78, 5) is 50.0. The summed E-state index contributed by atoms with van der Waals surface area (Å²) in [5.74, 6) is 0.524. The molecular weight excluding hydrogens is 368 g/mol. The van der Waals surface area contributed by atoms with Gasteiger partial charge in [-0.05, 0) is 60.7 Å². The van der Waals surface area contributed by atoms with E-state index in [2.05, 4.69) is 20.8 Å². The van der Waals surface area contributed by atoms with Crippen molar-refractivity contribution in [1.82, 2.24) is 0 Å². The van der Waals surface area contributed by atoms with E-state index in [4.69, 9.17) is 5.11 Å². The second-order valence-corrected chi connectivity index (χ2v) is 10.9. The van der Waals surface area contributed by atoms with Gasteiger partial charge in [-0.25, -0.2) is 0 Å². The number of hydrogen-bond acceptors (Lipinski definition) is 4. The Morgan fingerprint density at radius 1 is 1.10 bits per heavy atom. The molecule has 0 amide bonds. The van der Waals surface area contributed by atoms with Gasteiger partial charge in [0, 0.05) is 43.4 Å². The molecule has 0 aromatic heterocycles. The van der Waals surface area contributed by atoms with Gasteiger partial charge >= 0.3 is 5.97 Å². The van der Waals surface area contributed by atoms with E-state index in [1.165, 1.54) is 0 Å². The Labute approximate surface area is 173 Å². The number of Topliss-reactive ketones (excluding diaryl/α,β-unsaturated/α-hetero) is 3. The van der Waals surface area contributed by atoms with Crippen molar-refractivity contribution < 1.29 is 24.3 Å². The van der Waals surface area contributed by atoms with Crippen LogP contribution >= 0.6 is 0 Å². The van der Waals surface area contributed by atoms with E-state index in [0.717, 1.165) is 19.3 Å². The van der Waals surface area contributed by atoms with Crippen molar-refractivity contribution in [3.8, 4) is 0 Å². The number of rotatable bonds is 4. The van der Waals surface area contributed by atoms with Gasteiger partial charge in [0.2, 0.25) is 0 Å². The van der Waals surface area contributed by atoms with Crippen LogP contribution < -0.4 is 0 Å². The monoisotopic (exact) mass is 402 g/mol. The minimum atomic E-state index is -0.792. The zero-order valence-electron chi connectivity index (χ0n) is 17.9. The van der Waals surface area contributed by atoms with E-state index in [9.17, 15) is 19.2 Å². The number of carboxylic acids is 1. The molecule has 0 saturated heterocycles. The molecular formula is C24H34O5. The second kappa shape index (κ2) is 7.02. The second-order valence-electron chi connectivity index (χ2n) is 10.9. The molecule has 29 heavy (non-hydrogen) atoms. The minimum absolute atomic E-state index is 0.0659. The van der Waals surface area contributed by atoms with Crippen LogP contribution in [0.1, 0.15) is 78.6 Å². The fourth-order valence-electron chi connectivity index (χ4n) is 7.94. The highest BCUT2D eigenvalue weighted by molar-refractivity contribution is 5.93. The molecule has 0 aromatic rings. The molecule has 0 unspecified atom stereocenters. The van der Waals surface area contributed by atoms with Gasteiger partial charge in [0.1, 0.15) is 17.3 Å². The lowest BCUT2D eigenvalue weighted by atomic mass is 9.44. The third-order valence-electron chi connectivity index (χ3n) is 9.72. The molecule has 8 atom stereocenters. The van der Waals surface area contributed by atoms with Crippen LogP contribution in [0, 0.1) is 46.3 Å². The first-order chi connectivity index (χ1) is 13.6. The smallest absolute Gasteiger partial charge is 0.303 e. The Kier molecular flexibility index (Phi) is 5.02. The van der Waals surface area contributed by atoms with Crippen LogP contribution in [0.5, 0.6) is 0 Å². The fourth-order valence-corrected chi connectivity index (χ4v) is 7.94. The van der Waals surface area contributed by atoms with Gasteiger partial charge in [-0.15, -0.1) is 0 Å². The average Bonchev–Trinajstić information content (AvgIpc) is 3.01. The SMILES string of the molecule is C[C@H](CCC(=O)O)[C@H]1CC[C@H]2[C@H]3C(=O)C[C@H]4CC(=O)CC[C@]4(C)[C@H]3CC(=O)[C@]12C. The summed E-state index contributed by atoms with van der Waals surface area (Å²) >= 11 is 0. The number of carbonyl (C=O) groups excluding carboxylic acids is 3. The molecule has 160 valence electrons. The van der Waals surface area contributed by atoms with Crippen molar-refractivity contribution in [2.75, 3.05) is 0 Å². The Morgan fingerprint density at radius 3 is 2.52 bits per heavy atom. The van der Waals surface area contributed by atoms with E-state index in [1.54, 1.807) is 0 Å². The molecule has 4 saturated carbocycles. The molecule has 0 radical (unpaired) electrons. The molecule has 4 fully saturated rings. The highest BCUT2D eigenvalue weighted by Gasteiger charge is 2.66. The molecule has 5 heteroatoms. The summed E-state index contributed by atoms with van der Waals surface area (Å²) < 4.78 is 0. The largest absolute Gasteiger partial charge is 0.481 e. The summed E-state index contributed by atoms with van der Waals surface area (Å²) in [5, 5.41) is 9.06. The summed E-state index contributed by atoms with van der Waals surface area (Å²) in [5.41, 5.74) is -0.598. The lowest BCUT2D eigenvalue weighted by molar-refractivity contribution is -0.166. The molecule has 0 aliphatic heterocycles. The first kappa shape index (κ1) is 20.7. The number of carbonyl (C=O) groups is 4. The minimum Gasteiger partial charge on any atom is -0.481 e. The van der Waals surface area contributed by atoms with Crippen molar-refractivity contribution >= 4 is 23.3 Å². The molecule has 5 nitrogen and oxygen atoms in total. The predicted molar refractivity (Wildman–Crippen MR) is 107 cm³/mol. The standard InChI is InChI=1S/C24H34O5/c1-13(4-7-21(28)29)16-5-6-17-22-18(12-20(27)24(16,17)3)23(2)9-8-15(25)10-14(23)11-19(22)26/h13-14,16-18,22H,4-12H2,1-3H3,(H,28,29)/t13-,14-,16-,17+,18+,22-,23+,24-/m1/s1. The van der Waals surface area contributed by atoms with Crippen molar-refractivity contribution in [2.45, 2.75) is 78.6 Å². The molecule has 0 spiro atoms. The van der Waals surface area contributed by atoms with Gasteiger partial charge < -0.3 is 5.11 Å². The topological polar surface area (TPSA) is 88.5 Å². The van der Waals surface area contributed by atoms with Crippen LogP contribution in [0.4, 0.5) is 0 Å². The third kappa shape index (κ3) is 3.02. The number of ketones is 3. The molecule has 4 aliphatic carbocycles. The van der Waals surface area contributed by atoms with E-state index < -0.39 is 11.4 Å². The van der Waals surface area contributed by atoms with Crippen LogP contribution in [0.25, 0.3) is 0 Å². The maximum Gasteiger partial charge on any atom is 0.303 e. The number of fused-ring (bicyclic) bond motifs is 5. The molecule has 4 rings (SSSR count). The number of hydrogen-bond donors (Lipinski definition) is 1. The van der Waals surface area contributed by atoms with Crippen LogP contribution in [-0.4, -0.2) is 28.4 Å². The van der Waals surface area contributed by atoms with E-state index in [0.29, 0.717) is 32.1 Å². The van der Waals surface area contributed by atoms with Crippen molar-refractivity contribution in [3.63, 3.8) is 0 Å². The van der Waals surface area contributed by atoms with Crippen LogP contribution in [-0.2, 0) is 19.2 Å². The Bertz CT molecular complexity index is 756. The van der Waals surface area contributed by atoms with E-state index in [-0.39, 0.29) is 64.7 Å². The summed E-state index contributed by atoms with van der Waals surface area (Å²) in [6.07, 6.45) is 5.33. The lowest BCUT2D eigenvalue weighted by Gasteiger charge is -2.58.